The van der Waals surface area contributed by atoms with E-state index in [4.69, 9.17) is 9.97 Å². The standard InChI is InChI=1S/C47H31N3/c1-47(2)39-18-7-5-14-33(39)37-26-28(21-23-40(37)47)29-22-24-43-38(27-29)34-15-6-8-20-42(34)50(43)31-12-9-11-30(25-31)46-48-41-19-10-17-35-32-13-3-4-16-36(32)45(49-46)44(35)41/h3-27H,1-2H3. The Morgan fingerprint density at radius 3 is 2.08 bits per heavy atom. The summed E-state index contributed by atoms with van der Waals surface area (Å²) in [6.45, 7) is 4.67. The number of para-hydroxylation sites is 1. The van der Waals surface area contributed by atoms with Crippen LogP contribution in [0.2, 0.25) is 0 Å². The van der Waals surface area contributed by atoms with Crippen molar-refractivity contribution in [2.24, 2.45) is 0 Å². The molecule has 7 aromatic carbocycles. The second-order valence-electron chi connectivity index (χ2n) is 14.2. The van der Waals surface area contributed by atoms with Gasteiger partial charge >= 0.3 is 0 Å². The molecule has 0 N–H and O–H groups in total. The molecular formula is C47H31N3. The van der Waals surface area contributed by atoms with Gasteiger partial charge in [-0.3, -0.25) is 0 Å². The molecule has 2 aliphatic rings. The van der Waals surface area contributed by atoms with Crippen molar-refractivity contribution in [3.63, 3.8) is 0 Å². The SMILES string of the molecule is CC1(C)c2ccccc2-c2cc(-c3ccc4c(c3)c3ccccc3n4-c3cccc(-c4nc5c6c(cccc6n4)-c4ccccc4-5)c3)ccc21. The van der Waals surface area contributed by atoms with Gasteiger partial charge in [-0.1, -0.05) is 123 Å². The maximum atomic E-state index is 5.20. The van der Waals surface area contributed by atoms with Gasteiger partial charge in [0.1, 0.15) is 0 Å². The van der Waals surface area contributed by atoms with Crippen LogP contribution >= 0.6 is 0 Å². The van der Waals surface area contributed by atoms with E-state index in [1.807, 2.05) is 0 Å². The fourth-order valence-electron chi connectivity index (χ4n) is 8.77. The maximum Gasteiger partial charge on any atom is 0.160 e. The number of nitrogens with zero attached hydrogens (tertiary/aromatic N) is 3. The van der Waals surface area contributed by atoms with Crippen LogP contribution in [0.5, 0.6) is 0 Å². The van der Waals surface area contributed by atoms with Gasteiger partial charge in [0, 0.05) is 38.4 Å². The van der Waals surface area contributed by atoms with Crippen molar-refractivity contribution >= 4 is 32.7 Å². The molecule has 0 amide bonds. The first kappa shape index (κ1) is 27.6. The van der Waals surface area contributed by atoms with E-state index in [2.05, 4.69) is 170 Å². The van der Waals surface area contributed by atoms with Crippen molar-refractivity contribution in [2.75, 3.05) is 0 Å². The lowest BCUT2D eigenvalue weighted by atomic mass is 9.82. The second-order valence-corrected chi connectivity index (χ2v) is 14.2. The molecule has 0 bridgehead atoms. The van der Waals surface area contributed by atoms with Crippen molar-refractivity contribution < 1.29 is 0 Å². The number of rotatable bonds is 3. The summed E-state index contributed by atoms with van der Waals surface area (Å²) in [6.07, 6.45) is 0. The van der Waals surface area contributed by atoms with Crippen LogP contribution in [0, 0.1) is 0 Å². The average molecular weight is 638 g/mol. The second kappa shape index (κ2) is 9.87. The van der Waals surface area contributed by atoms with Gasteiger partial charge in [-0.2, -0.15) is 0 Å². The molecule has 2 aromatic heterocycles. The van der Waals surface area contributed by atoms with E-state index >= 15 is 0 Å². The predicted molar refractivity (Wildman–Crippen MR) is 207 cm³/mol. The van der Waals surface area contributed by atoms with Crippen molar-refractivity contribution in [2.45, 2.75) is 19.3 Å². The molecule has 11 rings (SSSR count). The van der Waals surface area contributed by atoms with Crippen LogP contribution in [0.4, 0.5) is 0 Å². The molecule has 9 aromatic rings. The van der Waals surface area contributed by atoms with Crippen molar-refractivity contribution in [1.82, 2.24) is 14.5 Å². The van der Waals surface area contributed by atoms with E-state index in [0.29, 0.717) is 0 Å². The van der Waals surface area contributed by atoms with Crippen LogP contribution in [0.25, 0.3) is 94.4 Å². The smallest absolute Gasteiger partial charge is 0.160 e. The average Bonchev–Trinajstić information content (AvgIpc) is 3.75. The van der Waals surface area contributed by atoms with E-state index in [1.54, 1.807) is 0 Å². The molecule has 50 heavy (non-hydrogen) atoms. The van der Waals surface area contributed by atoms with Gasteiger partial charge in [-0.05, 0) is 87.0 Å². The van der Waals surface area contributed by atoms with Gasteiger partial charge in [0.15, 0.2) is 5.82 Å². The minimum Gasteiger partial charge on any atom is -0.309 e. The Bertz CT molecular complexity index is 2910. The Labute approximate surface area is 290 Å². The predicted octanol–water partition coefficient (Wildman–Crippen LogP) is 12.0. The normalized spacial score (nSPS) is 13.6. The maximum absolute atomic E-state index is 5.20. The lowest BCUT2D eigenvalue weighted by Gasteiger charge is -2.21. The minimum absolute atomic E-state index is 0.000549. The van der Waals surface area contributed by atoms with Crippen LogP contribution in [0.3, 0.4) is 0 Å². The molecule has 0 spiro atoms. The van der Waals surface area contributed by atoms with Gasteiger partial charge in [-0.15, -0.1) is 0 Å². The van der Waals surface area contributed by atoms with E-state index in [1.165, 1.54) is 71.9 Å². The number of aromatic nitrogens is 3. The van der Waals surface area contributed by atoms with Crippen molar-refractivity contribution in [1.29, 1.82) is 0 Å². The van der Waals surface area contributed by atoms with Gasteiger partial charge in [-0.25, -0.2) is 9.97 Å². The molecule has 0 unspecified atom stereocenters. The Morgan fingerprint density at radius 2 is 1.16 bits per heavy atom. The number of benzene rings is 7. The molecule has 3 nitrogen and oxygen atoms in total. The zero-order valence-electron chi connectivity index (χ0n) is 27.8. The molecule has 0 fully saturated rings. The monoisotopic (exact) mass is 637 g/mol. The molecule has 0 radical (unpaired) electrons. The van der Waals surface area contributed by atoms with E-state index in [9.17, 15) is 0 Å². The highest BCUT2D eigenvalue weighted by atomic mass is 15.0. The minimum atomic E-state index is -0.000549. The lowest BCUT2D eigenvalue weighted by Crippen LogP contribution is -2.14. The Balaban J connectivity index is 1.06. The van der Waals surface area contributed by atoms with Crippen LogP contribution < -0.4 is 0 Å². The lowest BCUT2D eigenvalue weighted by molar-refractivity contribution is 0.660. The van der Waals surface area contributed by atoms with Crippen molar-refractivity contribution in [3.8, 4) is 61.7 Å². The fraction of sp³-hybridized carbons (Fsp3) is 0.0638. The molecule has 0 saturated heterocycles. The molecule has 0 saturated carbocycles. The first-order chi connectivity index (χ1) is 24.5. The Hall–Kier alpha value is -6.32. The molecule has 2 aliphatic carbocycles. The highest BCUT2D eigenvalue weighted by Crippen LogP contribution is 2.50. The molecule has 3 heteroatoms. The molecular weight excluding hydrogens is 607 g/mol. The van der Waals surface area contributed by atoms with Crippen molar-refractivity contribution in [3.05, 3.63) is 163 Å². The number of hydrogen-bond acceptors (Lipinski definition) is 2. The molecule has 0 aliphatic heterocycles. The van der Waals surface area contributed by atoms with Gasteiger partial charge in [0.25, 0.3) is 0 Å². The third kappa shape index (κ3) is 3.69. The first-order valence-corrected chi connectivity index (χ1v) is 17.3. The quantitative estimate of drug-likeness (QED) is 0.193. The molecule has 2 heterocycles. The zero-order chi connectivity index (χ0) is 33.1. The summed E-state index contributed by atoms with van der Waals surface area (Å²) >= 11 is 0. The highest BCUT2D eigenvalue weighted by molar-refractivity contribution is 6.13. The van der Waals surface area contributed by atoms with Crippen LogP contribution in [0.15, 0.2) is 152 Å². The third-order valence-corrected chi connectivity index (χ3v) is 11.1. The van der Waals surface area contributed by atoms with E-state index in [0.717, 1.165) is 33.7 Å². The largest absolute Gasteiger partial charge is 0.309 e. The first-order valence-electron chi connectivity index (χ1n) is 17.3. The van der Waals surface area contributed by atoms with Crippen LogP contribution in [-0.2, 0) is 5.41 Å². The fourth-order valence-corrected chi connectivity index (χ4v) is 8.77. The topological polar surface area (TPSA) is 30.7 Å². The summed E-state index contributed by atoms with van der Waals surface area (Å²) in [4.78, 5) is 10.3. The van der Waals surface area contributed by atoms with Gasteiger partial charge < -0.3 is 4.57 Å². The highest BCUT2D eigenvalue weighted by Gasteiger charge is 2.35. The van der Waals surface area contributed by atoms with E-state index < -0.39 is 0 Å². The van der Waals surface area contributed by atoms with E-state index in [-0.39, 0.29) is 5.41 Å². The summed E-state index contributed by atoms with van der Waals surface area (Å²) in [5, 5.41) is 3.62. The summed E-state index contributed by atoms with van der Waals surface area (Å²) in [7, 11) is 0. The summed E-state index contributed by atoms with van der Waals surface area (Å²) in [5.74, 6) is 0.743. The third-order valence-electron chi connectivity index (χ3n) is 11.1. The molecule has 0 atom stereocenters. The van der Waals surface area contributed by atoms with Crippen LogP contribution in [0.1, 0.15) is 25.0 Å². The van der Waals surface area contributed by atoms with Crippen LogP contribution in [-0.4, -0.2) is 14.5 Å². The number of fused-ring (bicyclic) bond motifs is 9. The summed E-state index contributed by atoms with van der Waals surface area (Å²) in [6, 6.07) is 55.2. The van der Waals surface area contributed by atoms with Gasteiger partial charge in [0.2, 0.25) is 0 Å². The zero-order valence-corrected chi connectivity index (χ0v) is 27.8. The number of hydrogen-bond donors (Lipinski definition) is 0. The Morgan fingerprint density at radius 1 is 0.460 bits per heavy atom. The summed E-state index contributed by atoms with van der Waals surface area (Å²) in [5.41, 5.74) is 18.0. The molecule has 234 valence electrons. The Kier molecular flexibility index (Phi) is 5.45. The van der Waals surface area contributed by atoms with Gasteiger partial charge in [0.05, 0.1) is 22.2 Å². The summed E-state index contributed by atoms with van der Waals surface area (Å²) < 4.78 is 2.38.